The van der Waals surface area contributed by atoms with Gasteiger partial charge in [0.2, 0.25) is 0 Å². The highest BCUT2D eigenvalue weighted by atomic mass is 14.7. The number of fused-ring (bicyclic) bond motifs is 1. The predicted molar refractivity (Wildman–Crippen MR) is 70.7 cm³/mol. The Labute approximate surface area is 93.2 Å². The fourth-order valence-corrected chi connectivity index (χ4v) is 1.79. The third kappa shape index (κ3) is 1.18. The molecule has 0 heterocycles. The maximum Gasteiger partial charge on any atom is 0.0787 e. The molecule has 0 fully saturated rings. The number of nitrogen functional groups attached to an aromatic ring is 5. The Hall–Kier alpha value is -2.30. The molecule has 0 bridgehead atoms. The molecule has 10 N–H and O–H groups in total. The minimum Gasteiger partial charge on any atom is -0.397 e. The van der Waals surface area contributed by atoms with Crippen molar-refractivity contribution in [1.29, 1.82) is 0 Å². The smallest absolute Gasteiger partial charge is 0.0787 e. The van der Waals surface area contributed by atoms with E-state index in [2.05, 4.69) is 0 Å². The molecule has 0 saturated heterocycles. The van der Waals surface area contributed by atoms with Crippen molar-refractivity contribution in [3.63, 3.8) is 0 Å². The van der Waals surface area contributed by atoms with Crippen LogP contribution in [0.2, 0.25) is 0 Å². The van der Waals surface area contributed by atoms with E-state index in [0.29, 0.717) is 28.4 Å². The molecule has 0 spiro atoms. The lowest BCUT2D eigenvalue weighted by molar-refractivity contribution is 1.50. The van der Waals surface area contributed by atoms with Gasteiger partial charge >= 0.3 is 0 Å². The molecule has 0 atom stereocenters. The zero-order chi connectivity index (χ0) is 12.0. The van der Waals surface area contributed by atoms with Crippen molar-refractivity contribution in [2.75, 3.05) is 28.7 Å². The van der Waals surface area contributed by atoms with Crippen LogP contribution >= 0.6 is 0 Å². The fraction of sp³-hybridized carbons (Fsp3) is 0.0909. The van der Waals surface area contributed by atoms with Crippen molar-refractivity contribution in [2.45, 2.75) is 6.92 Å². The van der Waals surface area contributed by atoms with Gasteiger partial charge in [-0.15, -0.1) is 0 Å². The molecule has 0 aliphatic heterocycles. The normalized spacial score (nSPS) is 10.8. The lowest BCUT2D eigenvalue weighted by Gasteiger charge is -2.13. The van der Waals surface area contributed by atoms with Gasteiger partial charge in [-0.3, -0.25) is 0 Å². The van der Waals surface area contributed by atoms with Gasteiger partial charge in [0, 0.05) is 10.8 Å². The second-order valence-corrected chi connectivity index (χ2v) is 3.91. The maximum absolute atomic E-state index is 5.93. The number of anilines is 5. The highest BCUT2D eigenvalue weighted by Gasteiger charge is 2.11. The van der Waals surface area contributed by atoms with Crippen LogP contribution in [0.4, 0.5) is 28.4 Å². The highest BCUT2D eigenvalue weighted by Crippen LogP contribution is 2.38. The third-order valence-corrected chi connectivity index (χ3v) is 2.85. The number of aryl methyl sites for hydroxylation is 1. The second kappa shape index (κ2) is 3.10. The first-order valence-electron chi connectivity index (χ1n) is 4.85. The summed E-state index contributed by atoms with van der Waals surface area (Å²) in [6.07, 6.45) is 0. The molecule has 16 heavy (non-hydrogen) atoms. The molecular formula is C11H15N5. The molecule has 0 aliphatic rings. The molecule has 0 aromatic heterocycles. The van der Waals surface area contributed by atoms with Crippen LogP contribution in [0.3, 0.4) is 0 Å². The first-order valence-corrected chi connectivity index (χ1v) is 4.85. The van der Waals surface area contributed by atoms with E-state index in [9.17, 15) is 0 Å². The number of hydrogen-bond acceptors (Lipinski definition) is 5. The Morgan fingerprint density at radius 1 is 0.688 bits per heavy atom. The van der Waals surface area contributed by atoms with Gasteiger partial charge < -0.3 is 28.7 Å². The standard InChI is InChI=1S/C11H15N5/c1-4-2-5-6(9(14)8(4)13)3-7(12)11(16)10(5)15/h2-3H,12-16H2,1H3. The van der Waals surface area contributed by atoms with Crippen molar-refractivity contribution in [1.82, 2.24) is 0 Å². The molecule has 5 nitrogen and oxygen atoms in total. The molecule has 2 aromatic carbocycles. The van der Waals surface area contributed by atoms with Gasteiger partial charge in [0.15, 0.2) is 0 Å². The topological polar surface area (TPSA) is 130 Å². The van der Waals surface area contributed by atoms with E-state index in [0.717, 1.165) is 16.3 Å². The van der Waals surface area contributed by atoms with Crippen LogP contribution in [0.15, 0.2) is 12.1 Å². The average molecular weight is 217 g/mol. The van der Waals surface area contributed by atoms with Gasteiger partial charge in [-0.2, -0.15) is 0 Å². The summed E-state index contributed by atoms with van der Waals surface area (Å²) in [5, 5.41) is 1.53. The Kier molecular flexibility index (Phi) is 1.98. The maximum atomic E-state index is 5.93. The van der Waals surface area contributed by atoms with Crippen molar-refractivity contribution >= 4 is 39.2 Å². The van der Waals surface area contributed by atoms with Crippen LogP contribution in [-0.4, -0.2) is 0 Å². The van der Waals surface area contributed by atoms with Crippen LogP contribution in [0.5, 0.6) is 0 Å². The summed E-state index contributed by atoms with van der Waals surface area (Å²) in [5.74, 6) is 0. The number of hydrogen-bond donors (Lipinski definition) is 5. The van der Waals surface area contributed by atoms with Gasteiger partial charge in [-0.1, -0.05) is 0 Å². The van der Waals surface area contributed by atoms with Gasteiger partial charge in [-0.25, -0.2) is 0 Å². The first kappa shape index (κ1) is 10.2. The zero-order valence-corrected chi connectivity index (χ0v) is 9.04. The second-order valence-electron chi connectivity index (χ2n) is 3.91. The summed E-state index contributed by atoms with van der Waals surface area (Å²) in [6.45, 7) is 1.87. The third-order valence-electron chi connectivity index (χ3n) is 2.85. The van der Waals surface area contributed by atoms with Gasteiger partial charge in [-0.05, 0) is 24.6 Å². The molecular weight excluding hydrogens is 202 g/mol. The first-order chi connectivity index (χ1) is 7.43. The molecule has 84 valence electrons. The quantitative estimate of drug-likeness (QED) is 0.421. The molecule has 2 aromatic rings. The van der Waals surface area contributed by atoms with Crippen molar-refractivity contribution in [3.8, 4) is 0 Å². The number of nitrogens with two attached hydrogens (primary N) is 5. The van der Waals surface area contributed by atoms with E-state index < -0.39 is 0 Å². The largest absolute Gasteiger partial charge is 0.397 e. The predicted octanol–water partition coefficient (Wildman–Crippen LogP) is 1.06. The van der Waals surface area contributed by atoms with Gasteiger partial charge in [0.25, 0.3) is 0 Å². The van der Waals surface area contributed by atoms with Gasteiger partial charge in [0.1, 0.15) is 0 Å². The Bertz CT molecular complexity index is 536. The summed E-state index contributed by atoms with van der Waals surface area (Å²) in [7, 11) is 0. The van der Waals surface area contributed by atoms with Crippen molar-refractivity contribution < 1.29 is 0 Å². The van der Waals surface area contributed by atoms with E-state index in [4.69, 9.17) is 28.7 Å². The van der Waals surface area contributed by atoms with Crippen LogP contribution in [0.1, 0.15) is 5.56 Å². The summed E-state index contributed by atoms with van der Waals surface area (Å²) in [5.41, 5.74) is 32.4. The molecule has 0 radical (unpaired) electrons. The van der Waals surface area contributed by atoms with Crippen molar-refractivity contribution in [3.05, 3.63) is 17.7 Å². The summed E-state index contributed by atoms with van der Waals surface area (Å²) >= 11 is 0. The monoisotopic (exact) mass is 217 g/mol. The summed E-state index contributed by atoms with van der Waals surface area (Å²) < 4.78 is 0. The SMILES string of the molecule is Cc1cc2c(N)c(N)c(N)cc2c(N)c1N. The Balaban J connectivity index is 3.02. The van der Waals surface area contributed by atoms with Crippen LogP contribution in [0.25, 0.3) is 10.8 Å². The molecule has 0 unspecified atom stereocenters. The van der Waals surface area contributed by atoms with Gasteiger partial charge in [0.05, 0.1) is 28.4 Å². The molecule has 2 rings (SSSR count). The lowest BCUT2D eigenvalue weighted by atomic mass is 10.0. The minimum atomic E-state index is 0.385. The van der Waals surface area contributed by atoms with E-state index in [-0.39, 0.29) is 0 Å². The van der Waals surface area contributed by atoms with Crippen LogP contribution < -0.4 is 28.7 Å². The zero-order valence-electron chi connectivity index (χ0n) is 9.04. The average Bonchev–Trinajstić information content (AvgIpc) is 2.25. The number of benzene rings is 2. The van der Waals surface area contributed by atoms with Crippen LogP contribution in [-0.2, 0) is 0 Å². The molecule has 0 amide bonds. The molecule has 5 heteroatoms. The minimum absolute atomic E-state index is 0.385. The Morgan fingerprint density at radius 2 is 1.19 bits per heavy atom. The van der Waals surface area contributed by atoms with E-state index >= 15 is 0 Å². The molecule has 0 saturated carbocycles. The highest BCUT2D eigenvalue weighted by molar-refractivity contribution is 6.10. The summed E-state index contributed by atoms with van der Waals surface area (Å²) in [6, 6.07) is 3.57. The lowest BCUT2D eigenvalue weighted by Crippen LogP contribution is -2.04. The fourth-order valence-electron chi connectivity index (χ4n) is 1.79. The Morgan fingerprint density at radius 3 is 1.81 bits per heavy atom. The van der Waals surface area contributed by atoms with Crippen molar-refractivity contribution in [2.24, 2.45) is 0 Å². The summed E-state index contributed by atoms with van der Waals surface area (Å²) in [4.78, 5) is 0. The van der Waals surface area contributed by atoms with E-state index in [1.54, 1.807) is 6.07 Å². The van der Waals surface area contributed by atoms with Crippen LogP contribution in [0, 0.1) is 6.92 Å². The number of rotatable bonds is 0. The van der Waals surface area contributed by atoms with E-state index in [1.165, 1.54) is 0 Å². The van der Waals surface area contributed by atoms with E-state index in [1.807, 2.05) is 13.0 Å². The molecule has 0 aliphatic carbocycles.